The number of hydrogen-bond acceptors (Lipinski definition) is 2. The molecule has 2 N–H and O–H groups in total. The number of aromatic nitrogens is 1. The molecule has 4 nitrogen and oxygen atoms in total. The molecule has 1 unspecified atom stereocenters. The summed E-state index contributed by atoms with van der Waals surface area (Å²) < 4.78 is 81.8. The third kappa shape index (κ3) is 6.39. The van der Waals surface area contributed by atoms with Gasteiger partial charge in [0.25, 0.3) is 0 Å². The summed E-state index contributed by atoms with van der Waals surface area (Å²) in [4.78, 5) is 17.8. The number of carbonyl (C=O) groups is 1. The van der Waals surface area contributed by atoms with Gasteiger partial charge in [0.1, 0.15) is 5.54 Å². The minimum Gasteiger partial charge on any atom is -0.322 e. The number of pyridine rings is 1. The summed E-state index contributed by atoms with van der Waals surface area (Å²) in [5, 5.41) is 4.92. The molecule has 0 saturated heterocycles. The number of amides is 2. The van der Waals surface area contributed by atoms with Crippen molar-refractivity contribution < 1.29 is 31.1 Å². The molecule has 10 heteroatoms. The molecular formula is C29H23F6N3O. The van der Waals surface area contributed by atoms with Gasteiger partial charge in [0.05, 0.1) is 22.5 Å². The summed E-state index contributed by atoms with van der Waals surface area (Å²) in [7, 11) is 0. The van der Waals surface area contributed by atoms with Crippen molar-refractivity contribution in [1.82, 2.24) is 10.3 Å². The summed E-state index contributed by atoms with van der Waals surface area (Å²) in [5.74, 6) is 0. The van der Waals surface area contributed by atoms with Gasteiger partial charge >= 0.3 is 18.4 Å². The second-order valence-corrected chi connectivity index (χ2v) is 8.99. The molecule has 1 atom stereocenters. The molecule has 0 fully saturated rings. The van der Waals surface area contributed by atoms with Crippen LogP contribution in [0.2, 0.25) is 0 Å². The van der Waals surface area contributed by atoms with E-state index in [2.05, 4.69) is 15.6 Å². The largest absolute Gasteiger partial charge is 0.418 e. The Bertz CT molecular complexity index is 1440. The van der Waals surface area contributed by atoms with Crippen molar-refractivity contribution in [3.05, 3.63) is 131 Å². The Kier molecular flexibility index (Phi) is 7.67. The molecule has 39 heavy (non-hydrogen) atoms. The minimum absolute atomic E-state index is 0.0421. The van der Waals surface area contributed by atoms with Crippen molar-refractivity contribution in [3.8, 4) is 0 Å². The molecule has 0 radical (unpaired) electrons. The molecule has 0 aliphatic carbocycles. The van der Waals surface area contributed by atoms with E-state index in [-0.39, 0.29) is 17.7 Å². The van der Waals surface area contributed by atoms with Crippen LogP contribution in [0.5, 0.6) is 0 Å². The van der Waals surface area contributed by atoms with Crippen LogP contribution in [0.1, 0.15) is 33.5 Å². The highest BCUT2D eigenvalue weighted by Gasteiger charge is 2.41. The number of nitrogens with zero attached hydrogens (tertiary/aromatic N) is 1. The van der Waals surface area contributed by atoms with E-state index in [0.717, 1.165) is 29.8 Å². The quantitative estimate of drug-likeness (QED) is 0.245. The monoisotopic (exact) mass is 543 g/mol. The molecule has 0 aliphatic rings. The molecule has 1 aromatic heterocycles. The average Bonchev–Trinajstić information content (AvgIpc) is 2.88. The Labute approximate surface area is 220 Å². The number of para-hydroxylation sites is 1. The van der Waals surface area contributed by atoms with E-state index in [4.69, 9.17) is 0 Å². The topological polar surface area (TPSA) is 54.0 Å². The second-order valence-electron chi connectivity index (χ2n) is 8.99. The Morgan fingerprint density at radius 2 is 1.44 bits per heavy atom. The van der Waals surface area contributed by atoms with E-state index in [0.29, 0.717) is 5.56 Å². The summed E-state index contributed by atoms with van der Waals surface area (Å²) in [6.45, 7) is 1.77. The van der Waals surface area contributed by atoms with Gasteiger partial charge in [-0.3, -0.25) is 4.98 Å². The van der Waals surface area contributed by atoms with Gasteiger partial charge in [0.2, 0.25) is 0 Å². The Hall–Kier alpha value is -4.34. The lowest BCUT2D eigenvalue weighted by Crippen LogP contribution is -2.51. The van der Waals surface area contributed by atoms with Crippen LogP contribution in [0.15, 0.2) is 97.2 Å². The highest BCUT2D eigenvalue weighted by atomic mass is 19.4. The van der Waals surface area contributed by atoms with Crippen LogP contribution in [0.4, 0.5) is 36.8 Å². The Morgan fingerprint density at radius 3 is 2.08 bits per heavy atom. The zero-order valence-electron chi connectivity index (χ0n) is 20.6. The number of nitrogens with one attached hydrogen (secondary N) is 2. The molecule has 0 aliphatic heterocycles. The van der Waals surface area contributed by atoms with Gasteiger partial charge in [-0.05, 0) is 53.9 Å². The molecule has 0 bridgehead atoms. The SMILES string of the molecule is Cc1ccc(C(Cc2ccccc2)(NC(=O)Nc2ccccc2C(F)(F)F)c2cccc(C(F)(F)F)c2)nc1. The lowest BCUT2D eigenvalue weighted by molar-refractivity contribution is -0.138. The number of halogens is 6. The van der Waals surface area contributed by atoms with E-state index in [1.165, 1.54) is 30.5 Å². The van der Waals surface area contributed by atoms with Gasteiger partial charge in [0, 0.05) is 12.6 Å². The third-order valence-corrected chi connectivity index (χ3v) is 6.15. The first-order chi connectivity index (χ1) is 18.4. The average molecular weight is 544 g/mol. The molecule has 0 spiro atoms. The van der Waals surface area contributed by atoms with Crippen molar-refractivity contribution in [1.29, 1.82) is 0 Å². The van der Waals surface area contributed by atoms with Crippen LogP contribution in [-0.4, -0.2) is 11.0 Å². The first kappa shape index (κ1) is 27.7. The maximum Gasteiger partial charge on any atom is 0.418 e. The highest BCUT2D eigenvalue weighted by molar-refractivity contribution is 5.91. The van der Waals surface area contributed by atoms with E-state index >= 15 is 0 Å². The number of urea groups is 1. The molecule has 1 heterocycles. The number of hydrogen-bond donors (Lipinski definition) is 2. The van der Waals surface area contributed by atoms with Gasteiger partial charge < -0.3 is 10.6 Å². The Balaban J connectivity index is 1.88. The first-order valence-corrected chi connectivity index (χ1v) is 11.8. The summed E-state index contributed by atoms with van der Waals surface area (Å²) in [6, 6.07) is 19.8. The second kappa shape index (κ2) is 10.8. The van der Waals surface area contributed by atoms with Crippen molar-refractivity contribution in [3.63, 3.8) is 0 Å². The van der Waals surface area contributed by atoms with Crippen LogP contribution in [0.25, 0.3) is 0 Å². The zero-order chi connectivity index (χ0) is 28.3. The highest BCUT2D eigenvalue weighted by Crippen LogP contribution is 2.38. The number of anilines is 1. The smallest absolute Gasteiger partial charge is 0.322 e. The van der Waals surface area contributed by atoms with Crippen LogP contribution in [0, 0.1) is 6.92 Å². The van der Waals surface area contributed by atoms with Crippen LogP contribution >= 0.6 is 0 Å². The fraction of sp³-hybridized carbons (Fsp3) is 0.172. The number of alkyl halides is 6. The summed E-state index contributed by atoms with van der Waals surface area (Å²) in [5.41, 5.74) is -2.54. The lowest BCUT2D eigenvalue weighted by Gasteiger charge is -2.36. The zero-order valence-corrected chi connectivity index (χ0v) is 20.6. The van der Waals surface area contributed by atoms with E-state index in [1.807, 2.05) is 0 Å². The number of benzene rings is 3. The molecular weight excluding hydrogens is 520 g/mol. The number of carbonyl (C=O) groups excluding carboxylic acids is 1. The maximum absolute atomic E-state index is 13.7. The maximum atomic E-state index is 13.7. The third-order valence-electron chi connectivity index (χ3n) is 6.15. The predicted molar refractivity (Wildman–Crippen MR) is 135 cm³/mol. The summed E-state index contributed by atoms with van der Waals surface area (Å²) >= 11 is 0. The normalized spacial score (nSPS) is 13.4. The molecule has 202 valence electrons. The molecule has 4 aromatic rings. The first-order valence-electron chi connectivity index (χ1n) is 11.8. The van der Waals surface area contributed by atoms with Crippen molar-refractivity contribution in [2.24, 2.45) is 0 Å². The standard InChI is InChI=1S/C29H23F6N3O/c1-19-14-15-25(36-18-19)27(17-20-8-3-2-4-9-20,21-10-7-11-22(16-21)28(30,31)32)38-26(39)37-24-13-6-5-12-23(24)29(33,34)35/h2-16,18H,17H2,1H3,(H2,37,38,39). The fourth-order valence-corrected chi connectivity index (χ4v) is 4.29. The number of rotatable bonds is 6. The van der Waals surface area contributed by atoms with Gasteiger partial charge in [-0.1, -0.05) is 60.7 Å². The van der Waals surface area contributed by atoms with E-state index < -0.39 is 40.7 Å². The van der Waals surface area contributed by atoms with Crippen LogP contribution in [0.3, 0.4) is 0 Å². The minimum atomic E-state index is -4.75. The van der Waals surface area contributed by atoms with Crippen LogP contribution < -0.4 is 10.6 Å². The van der Waals surface area contributed by atoms with Gasteiger partial charge in [-0.2, -0.15) is 26.3 Å². The van der Waals surface area contributed by atoms with Crippen molar-refractivity contribution >= 4 is 11.7 Å². The van der Waals surface area contributed by atoms with E-state index in [1.54, 1.807) is 49.4 Å². The molecule has 4 rings (SSSR count). The van der Waals surface area contributed by atoms with Gasteiger partial charge in [-0.15, -0.1) is 0 Å². The summed E-state index contributed by atoms with van der Waals surface area (Å²) in [6.07, 6.45) is -7.96. The fourth-order valence-electron chi connectivity index (χ4n) is 4.29. The van der Waals surface area contributed by atoms with Crippen molar-refractivity contribution in [2.75, 3.05) is 5.32 Å². The Morgan fingerprint density at radius 1 is 0.769 bits per heavy atom. The van der Waals surface area contributed by atoms with Gasteiger partial charge in [-0.25, -0.2) is 4.79 Å². The van der Waals surface area contributed by atoms with Crippen LogP contribution in [-0.2, 0) is 24.3 Å². The van der Waals surface area contributed by atoms with E-state index in [9.17, 15) is 31.1 Å². The van der Waals surface area contributed by atoms with Gasteiger partial charge in [0.15, 0.2) is 0 Å². The van der Waals surface area contributed by atoms with Crippen molar-refractivity contribution in [2.45, 2.75) is 31.2 Å². The molecule has 3 aromatic carbocycles. The predicted octanol–water partition coefficient (Wildman–Crippen LogP) is 7.74. The number of aryl methyl sites for hydroxylation is 1. The lowest BCUT2D eigenvalue weighted by atomic mass is 9.80. The molecule has 2 amide bonds. The molecule has 0 saturated carbocycles.